The third-order valence-electron chi connectivity index (χ3n) is 4.33. The number of amides is 1. The van der Waals surface area contributed by atoms with E-state index in [0.29, 0.717) is 18.9 Å². The summed E-state index contributed by atoms with van der Waals surface area (Å²) in [5.74, 6) is 0.666. The minimum atomic E-state index is -0.353. The molecule has 1 saturated heterocycles. The van der Waals surface area contributed by atoms with Crippen LogP contribution in [-0.2, 0) is 11.8 Å². The molecule has 0 saturated carbocycles. The van der Waals surface area contributed by atoms with E-state index in [0.717, 1.165) is 18.5 Å². The summed E-state index contributed by atoms with van der Waals surface area (Å²) in [6, 6.07) is 9.44. The van der Waals surface area contributed by atoms with Gasteiger partial charge in [-0.3, -0.25) is 0 Å². The van der Waals surface area contributed by atoms with Crippen molar-refractivity contribution in [1.29, 1.82) is 0 Å². The Morgan fingerprint density at radius 1 is 1.40 bits per heavy atom. The third kappa shape index (κ3) is 3.50. The Kier molecular flexibility index (Phi) is 5.02. The molecule has 132 valence electrons. The van der Waals surface area contributed by atoms with Crippen LogP contribution in [0.4, 0.5) is 4.79 Å². The summed E-state index contributed by atoms with van der Waals surface area (Å²) in [4.78, 5) is 26.3. The summed E-state index contributed by atoms with van der Waals surface area (Å²) in [7, 11) is 1.64. The zero-order valence-electron chi connectivity index (χ0n) is 14.3. The first kappa shape index (κ1) is 17.0. The van der Waals surface area contributed by atoms with Crippen LogP contribution in [0.1, 0.15) is 24.6 Å². The average Bonchev–Trinajstić information content (AvgIpc) is 2.95. The molecule has 0 bridgehead atoms. The molecule has 7 heteroatoms. The molecule has 1 atom stereocenters. The molecule has 2 heterocycles. The number of hydrogen-bond donors (Lipinski definition) is 0. The second kappa shape index (κ2) is 7.38. The van der Waals surface area contributed by atoms with Gasteiger partial charge in [-0.15, -0.1) is 0 Å². The zero-order chi connectivity index (χ0) is 17.8. The Hall–Kier alpha value is -2.83. The number of nitrogens with zero attached hydrogens (tertiary/aromatic N) is 4. The van der Waals surface area contributed by atoms with Crippen molar-refractivity contribution in [1.82, 2.24) is 19.2 Å². The number of para-hydroxylation sites is 1. The normalized spacial score (nSPS) is 17.3. The molecule has 1 aliphatic rings. The van der Waals surface area contributed by atoms with Gasteiger partial charge in [-0.25, -0.2) is 18.8 Å². The number of aryl methyl sites for hydroxylation is 1. The van der Waals surface area contributed by atoms with Gasteiger partial charge in [0.25, 0.3) is 0 Å². The van der Waals surface area contributed by atoms with E-state index >= 15 is 0 Å². The second-order valence-electron chi connectivity index (χ2n) is 6.09. The monoisotopic (exact) mass is 342 g/mol. The number of aromatic nitrogens is 3. The molecular weight excluding hydrogens is 320 g/mol. The predicted molar refractivity (Wildman–Crippen MR) is 93.9 cm³/mol. The van der Waals surface area contributed by atoms with Gasteiger partial charge < -0.3 is 9.64 Å². The van der Waals surface area contributed by atoms with E-state index in [2.05, 4.69) is 11.7 Å². The van der Waals surface area contributed by atoms with Crippen LogP contribution in [0.2, 0.25) is 0 Å². The Balaban J connectivity index is 1.89. The molecule has 1 aromatic carbocycles. The van der Waals surface area contributed by atoms with Crippen molar-refractivity contribution < 1.29 is 9.53 Å². The number of likely N-dealkylation sites (tertiary alicyclic amines) is 1. The molecule has 0 spiro atoms. The predicted octanol–water partition coefficient (Wildman–Crippen LogP) is 2.07. The van der Waals surface area contributed by atoms with Crippen LogP contribution >= 0.6 is 0 Å². The molecule has 0 radical (unpaired) electrons. The van der Waals surface area contributed by atoms with Gasteiger partial charge in [0.15, 0.2) is 0 Å². The number of carbonyl (C=O) groups excluding carboxylic acids is 1. The summed E-state index contributed by atoms with van der Waals surface area (Å²) in [6.45, 7) is 4.88. The Morgan fingerprint density at radius 2 is 2.16 bits per heavy atom. The lowest BCUT2D eigenvalue weighted by atomic mass is 9.97. The van der Waals surface area contributed by atoms with E-state index in [1.165, 1.54) is 4.68 Å². The summed E-state index contributed by atoms with van der Waals surface area (Å²) >= 11 is 0. The highest BCUT2D eigenvalue weighted by molar-refractivity contribution is 5.68. The first-order chi connectivity index (χ1) is 12.1. The first-order valence-electron chi connectivity index (χ1n) is 8.35. The van der Waals surface area contributed by atoms with Gasteiger partial charge in [-0.2, -0.15) is 5.10 Å². The first-order valence-corrected chi connectivity index (χ1v) is 8.35. The standard InChI is InChI=1S/C18H22N4O3/c1-3-12-25-18(24)21-11-7-8-14(13-21)16-19-20(2)17(23)22(16)15-9-5-4-6-10-15/h3-6,9-10,14H,1,7-8,11-13H2,2H3/t14-/m1/s1. The third-order valence-corrected chi connectivity index (χ3v) is 4.33. The highest BCUT2D eigenvalue weighted by Gasteiger charge is 2.30. The summed E-state index contributed by atoms with van der Waals surface area (Å²) < 4.78 is 8.11. The fourth-order valence-electron chi connectivity index (χ4n) is 3.14. The van der Waals surface area contributed by atoms with Gasteiger partial charge in [0, 0.05) is 26.1 Å². The van der Waals surface area contributed by atoms with Crippen molar-refractivity contribution in [3.05, 3.63) is 59.3 Å². The van der Waals surface area contributed by atoms with Crippen molar-refractivity contribution >= 4 is 6.09 Å². The molecule has 3 rings (SSSR count). The molecule has 0 aliphatic carbocycles. The van der Waals surface area contributed by atoms with Crippen LogP contribution in [0.25, 0.3) is 5.69 Å². The molecule has 2 aromatic rings. The maximum absolute atomic E-state index is 12.5. The van der Waals surface area contributed by atoms with Gasteiger partial charge in [-0.1, -0.05) is 30.9 Å². The van der Waals surface area contributed by atoms with Crippen molar-refractivity contribution in [3.8, 4) is 5.69 Å². The molecule has 0 unspecified atom stereocenters. The Morgan fingerprint density at radius 3 is 2.88 bits per heavy atom. The highest BCUT2D eigenvalue weighted by atomic mass is 16.6. The highest BCUT2D eigenvalue weighted by Crippen LogP contribution is 2.26. The summed E-state index contributed by atoms with van der Waals surface area (Å²) in [5.41, 5.74) is 0.592. The van der Waals surface area contributed by atoms with E-state index in [9.17, 15) is 9.59 Å². The molecule has 25 heavy (non-hydrogen) atoms. The summed E-state index contributed by atoms with van der Waals surface area (Å²) in [5, 5.41) is 4.44. The molecule has 1 fully saturated rings. The van der Waals surface area contributed by atoms with E-state index in [1.54, 1.807) is 22.6 Å². The number of rotatable bonds is 4. The lowest BCUT2D eigenvalue weighted by molar-refractivity contribution is 0.0996. The number of carbonyl (C=O) groups is 1. The number of benzene rings is 1. The molecule has 1 aromatic heterocycles. The van der Waals surface area contributed by atoms with E-state index in [1.807, 2.05) is 30.3 Å². The van der Waals surface area contributed by atoms with Gasteiger partial charge in [-0.05, 0) is 25.0 Å². The SMILES string of the molecule is C=CCOC(=O)N1CCC[C@@H](c2nn(C)c(=O)n2-c2ccccc2)C1. The van der Waals surface area contributed by atoms with Crippen LogP contribution in [0.3, 0.4) is 0 Å². The quantitative estimate of drug-likeness (QED) is 0.798. The fourth-order valence-corrected chi connectivity index (χ4v) is 3.14. The fraction of sp³-hybridized carbons (Fsp3) is 0.389. The smallest absolute Gasteiger partial charge is 0.410 e. The number of ether oxygens (including phenoxy) is 1. The zero-order valence-corrected chi connectivity index (χ0v) is 14.3. The van der Waals surface area contributed by atoms with Crippen LogP contribution in [0.15, 0.2) is 47.8 Å². The van der Waals surface area contributed by atoms with Gasteiger partial charge >= 0.3 is 11.8 Å². The molecule has 1 aliphatic heterocycles. The van der Waals surface area contributed by atoms with E-state index in [-0.39, 0.29) is 24.3 Å². The van der Waals surface area contributed by atoms with Crippen LogP contribution in [-0.4, -0.2) is 45.0 Å². The van der Waals surface area contributed by atoms with Crippen LogP contribution < -0.4 is 5.69 Å². The average molecular weight is 342 g/mol. The van der Waals surface area contributed by atoms with Crippen LogP contribution in [0.5, 0.6) is 0 Å². The van der Waals surface area contributed by atoms with Crippen LogP contribution in [0, 0.1) is 0 Å². The number of piperidine rings is 1. The van der Waals surface area contributed by atoms with Gasteiger partial charge in [0.1, 0.15) is 12.4 Å². The van der Waals surface area contributed by atoms with E-state index < -0.39 is 0 Å². The largest absolute Gasteiger partial charge is 0.445 e. The molecular formula is C18H22N4O3. The molecule has 7 nitrogen and oxygen atoms in total. The van der Waals surface area contributed by atoms with E-state index in [4.69, 9.17) is 4.74 Å². The van der Waals surface area contributed by atoms with Crippen molar-refractivity contribution in [2.75, 3.05) is 19.7 Å². The van der Waals surface area contributed by atoms with Crippen molar-refractivity contribution in [3.63, 3.8) is 0 Å². The minimum absolute atomic E-state index is 0.0147. The van der Waals surface area contributed by atoms with Gasteiger partial charge in [0.05, 0.1) is 5.69 Å². The van der Waals surface area contributed by atoms with Gasteiger partial charge in [0.2, 0.25) is 0 Å². The topological polar surface area (TPSA) is 69.4 Å². The lowest BCUT2D eigenvalue weighted by Crippen LogP contribution is -2.40. The van der Waals surface area contributed by atoms with Crippen molar-refractivity contribution in [2.45, 2.75) is 18.8 Å². The van der Waals surface area contributed by atoms with Crippen molar-refractivity contribution in [2.24, 2.45) is 7.05 Å². The lowest BCUT2D eigenvalue weighted by Gasteiger charge is -2.31. The molecule has 1 amide bonds. The summed E-state index contributed by atoms with van der Waals surface area (Å²) in [6.07, 6.45) is 2.90. The maximum atomic E-state index is 12.5. The number of hydrogen-bond acceptors (Lipinski definition) is 4. The molecule has 0 N–H and O–H groups in total. The second-order valence-corrected chi connectivity index (χ2v) is 6.09. The maximum Gasteiger partial charge on any atom is 0.410 e. The minimum Gasteiger partial charge on any atom is -0.445 e. The Labute approximate surface area is 146 Å². The Bertz CT molecular complexity index is 809.